The number of rotatable bonds is 5. The topological polar surface area (TPSA) is 78.3 Å². The summed E-state index contributed by atoms with van der Waals surface area (Å²) in [5, 5.41) is 7.27. The summed E-state index contributed by atoms with van der Waals surface area (Å²) < 4.78 is 5.15. The third-order valence-corrected chi connectivity index (χ3v) is 6.76. The first kappa shape index (κ1) is 20.4. The number of nitrogens with one attached hydrogen (secondary N) is 1. The highest BCUT2D eigenvalue weighted by molar-refractivity contribution is 7.17. The molecule has 0 amide bonds. The summed E-state index contributed by atoms with van der Waals surface area (Å²) in [5.74, 6) is 1.54. The normalized spacial score (nSPS) is 15.7. The Kier molecular flexibility index (Phi) is 5.62. The first-order valence-corrected chi connectivity index (χ1v) is 11.4. The van der Waals surface area contributed by atoms with Gasteiger partial charge in [-0.25, -0.2) is 4.98 Å². The van der Waals surface area contributed by atoms with Crippen LogP contribution >= 0.6 is 22.9 Å². The quantitative estimate of drug-likeness (QED) is 0.491. The second-order valence-electron chi connectivity index (χ2n) is 7.80. The summed E-state index contributed by atoms with van der Waals surface area (Å²) in [5.41, 5.74) is 2.54. The highest BCUT2D eigenvalue weighted by Crippen LogP contribution is 2.34. The molecule has 1 aliphatic rings. The molecule has 0 aliphatic carbocycles. The molecule has 0 radical (unpaired) electrons. The van der Waals surface area contributed by atoms with Crippen LogP contribution in [0.3, 0.4) is 0 Å². The summed E-state index contributed by atoms with van der Waals surface area (Å²) in [6.07, 6.45) is 0. The van der Waals surface area contributed by atoms with Crippen LogP contribution in [-0.2, 0) is 13.1 Å². The predicted octanol–water partition coefficient (Wildman–Crippen LogP) is 3.92. The van der Waals surface area contributed by atoms with E-state index in [1.54, 1.807) is 0 Å². The number of hydrogen-bond acceptors (Lipinski definition) is 7. The molecule has 1 aliphatic heterocycles. The van der Waals surface area contributed by atoms with Crippen molar-refractivity contribution in [3.63, 3.8) is 0 Å². The van der Waals surface area contributed by atoms with Gasteiger partial charge in [-0.05, 0) is 13.0 Å². The van der Waals surface area contributed by atoms with Gasteiger partial charge in [-0.1, -0.05) is 35.0 Å². The van der Waals surface area contributed by atoms with E-state index in [1.807, 2.05) is 42.6 Å². The molecular weight excluding hydrogens is 434 g/mol. The molecular formula is C22H22ClN5O2S. The van der Waals surface area contributed by atoms with Crippen LogP contribution in [0, 0.1) is 6.92 Å². The van der Waals surface area contributed by atoms with E-state index in [0.29, 0.717) is 22.8 Å². The van der Waals surface area contributed by atoms with E-state index >= 15 is 0 Å². The molecule has 0 bridgehead atoms. The van der Waals surface area contributed by atoms with Gasteiger partial charge in [0.05, 0.1) is 17.6 Å². The van der Waals surface area contributed by atoms with Crippen molar-refractivity contribution >= 4 is 33.2 Å². The second kappa shape index (κ2) is 8.55. The molecule has 4 aromatic rings. The van der Waals surface area contributed by atoms with Crippen LogP contribution in [0.1, 0.15) is 17.3 Å². The minimum Gasteiger partial charge on any atom is -0.361 e. The highest BCUT2D eigenvalue weighted by Gasteiger charge is 2.20. The number of aryl methyl sites for hydroxylation is 1. The van der Waals surface area contributed by atoms with Gasteiger partial charge in [-0.15, -0.1) is 11.3 Å². The maximum atomic E-state index is 12.9. The van der Waals surface area contributed by atoms with Crippen molar-refractivity contribution in [1.82, 2.24) is 24.9 Å². The Morgan fingerprint density at radius 3 is 2.58 bits per heavy atom. The minimum absolute atomic E-state index is 0.115. The molecule has 0 atom stereocenters. The van der Waals surface area contributed by atoms with E-state index in [1.165, 1.54) is 11.3 Å². The predicted molar refractivity (Wildman–Crippen MR) is 122 cm³/mol. The fourth-order valence-corrected chi connectivity index (χ4v) is 5.18. The Morgan fingerprint density at radius 1 is 1.13 bits per heavy atom. The fraction of sp³-hybridized carbons (Fsp3) is 0.318. The molecule has 7 nitrogen and oxygen atoms in total. The third-order valence-electron chi connectivity index (χ3n) is 5.56. The third kappa shape index (κ3) is 4.29. The smallest absolute Gasteiger partial charge is 0.260 e. The van der Waals surface area contributed by atoms with Crippen molar-refractivity contribution in [2.45, 2.75) is 20.0 Å². The van der Waals surface area contributed by atoms with Crippen LogP contribution in [-0.4, -0.2) is 51.1 Å². The fourth-order valence-electron chi connectivity index (χ4n) is 3.99. The minimum atomic E-state index is -0.115. The van der Waals surface area contributed by atoms with Crippen molar-refractivity contribution in [3.05, 3.63) is 68.4 Å². The number of thiophene rings is 1. The van der Waals surface area contributed by atoms with Gasteiger partial charge in [0.25, 0.3) is 5.56 Å². The van der Waals surface area contributed by atoms with E-state index in [9.17, 15) is 4.79 Å². The van der Waals surface area contributed by atoms with E-state index < -0.39 is 0 Å². The van der Waals surface area contributed by atoms with Crippen molar-refractivity contribution in [2.75, 3.05) is 26.2 Å². The standard InChI is InChI=1S/C22H22ClN5O2S/c1-14-10-15(26-30-14)11-27-6-8-28(9-7-27)12-19-24-21(29)20-17(13-31-22(20)25-19)16-4-2-3-5-18(16)23/h2-5,10,13H,6-9,11-12H2,1H3,(H,24,25,29). The molecule has 31 heavy (non-hydrogen) atoms. The van der Waals surface area contributed by atoms with Crippen molar-refractivity contribution < 1.29 is 4.52 Å². The van der Waals surface area contributed by atoms with Crippen molar-refractivity contribution in [3.8, 4) is 11.1 Å². The summed E-state index contributed by atoms with van der Waals surface area (Å²) >= 11 is 7.82. The molecule has 1 saturated heterocycles. The Labute approximate surface area is 188 Å². The Bertz CT molecular complexity index is 1270. The Hall–Kier alpha value is -2.52. The maximum absolute atomic E-state index is 12.9. The summed E-state index contributed by atoms with van der Waals surface area (Å²) in [6, 6.07) is 9.54. The SMILES string of the molecule is Cc1cc(CN2CCN(Cc3nc4scc(-c5ccccc5Cl)c4c(=O)[nH]3)CC2)no1. The number of nitrogens with zero attached hydrogens (tertiary/aromatic N) is 4. The first-order chi connectivity index (χ1) is 15.1. The van der Waals surface area contributed by atoms with Crippen LogP contribution < -0.4 is 5.56 Å². The van der Waals surface area contributed by atoms with Gasteiger partial charge >= 0.3 is 0 Å². The molecule has 9 heteroatoms. The zero-order valence-electron chi connectivity index (χ0n) is 17.1. The van der Waals surface area contributed by atoms with E-state index in [4.69, 9.17) is 21.1 Å². The number of piperazine rings is 1. The molecule has 5 rings (SSSR count). The molecule has 1 fully saturated rings. The van der Waals surface area contributed by atoms with Crippen LogP contribution in [0.5, 0.6) is 0 Å². The van der Waals surface area contributed by atoms with Crippen LogP contribution in [0.25, 0.3) is 21.3 Å². The summed E-state index contributed by atoms with van der Waals surface area (Å²) in [6.45, 7) is 7.03. The van der Waals surface area contributed by atoms with Gasteiger partial charge in [0, 0.05) is 60.3 Å². The highest BCUT2D eigenvalue weighted by atomic mass is 35.5. The molecule has 4 heterocycles. The number of fused-ring (bicyclic) bond motifs is 1. The largest absolute Gasteiger partial charge is 0.361 e. The van der Waals surface area contributed by atoms with Crippen LogP contribution in [0.2, 0.25) is 5.02 Å². The zero-order valence-corrected chi connectivity index (χ0v) is 18.7. The number of H-pyrrole nitrogens is 1. The Morgan fingerprint density at radius 2 is 1.87 bits per heavy atom. The monoisotopic (exact) mass is 455 g/mol. The van der Waals surface area contributed by atoms with Crippen molar-refractivity contribution in [1.29, 1.82) is 0 Å². The molecule has 0 saturated carbocycles. The van der Waals surface area contributed by atoms with Crippen molar-refractivity contribution in [2.24, 2.45) is 0 Å². The number of benzene rings is 1. The van der Waals surface area contributed by atoms with Gasteiger partial charge in [-0.2, -0.15) is 0 Å². The average Bonchev–Trinajstić information content (AvgIpc) is 3.36. The van der Waals surface area contributed by atoms with E-state index in [0.717, 1.165) is 60.1 Å². The first-order valence-electron chi connectivity index (χ1n) is 10.2. The molecule has 0 spiro atoms. The van der Waals surface area contributed by atoms with Crippen LogP contribution in [0.4, 0.5) is 0 Å². The van der Waals surface area contributed by atoms with Gasteiger partial charge in [0.1, 0.15) is 16.4 Å². The summed E-state index contributed by atoms with van der Waals surface area (Å²) in [4.78, 5) is 26.0. The van der Waals surface area contributed by atoms with Gasteiger partial charge in [0.2, 0.25) is 0 Å². The van der Waals surface area contributed by atoms with E-state index in [-0.39, 0.29) is 5.56 Å². The number of hydrogen-bond donors (Lipinski definition) is 1. The van der Waals surface area contributed by atoms with Crippen LogP contribution in [0.15, 0.2) is 45.0 Å². The lowest BCUT2D eigenvalue weighted by Crippen LogP contribution is -2.45. The van der Waals surface area contributed by atoms with E-state index in [2.05, 4.69) is 19.9 Å². The maximum Gasteiger partial charge on any atom is 0.260 e. The second-order valence-corrected chi connectivity index (χ2v) is 9.07. The lowest BCUT2D eigenvalue weighted by Gasteiger charge is -2.33. The molecule has 3 aromatic heterocycles. The lowest BCUT2D eigenvalue weighted by molar-refractivity contribution is 0.118. The molecule has 1 N–H and O–H groups in total. The van der Waals surface area contributed by atoms with Gasteiger partial charge in [0.15, 0.2) is 0 Å². The molecule has 1 aromatic carbocycles. The Balaban J connectivity index is 1.29. The molecule has 0 unspecified atom stereocenters. The zero-order chi connectivity index (χ0) is 21.4. The van der Waals surface area contributed by atoms with Gasteiger partial charge < -0.3 is 9.51 Å². The number of aromatic nitrogens is 3. The lowest BCUT2D eigenvalue weighted by atomic mass is 10.1. The summed E-state index contributed by atoms with van der Waals surface area (Å²) in [7, 11) is 0. The van der Waals surface area contributed by atoms with Gasteiger partial charge in [-0.3, -0.25) is 14.6 Å². The average molecular weight is 456 g/mol. The number of aromatic amines is 1. The molecule has 160 valence electrons. The number of halogens is 1.